The summed E-state index contributed by atoms with van der Waals surface area (Å²) >= 11 is 0. The molecule has 20 heavy (non-hydrogen) atoms. The standard InChI is InChI=1S/C14H20F2N2O2/c1-13(9-4-5-9)11(19)17-14(6-2-3-7-14)12(20)18(13)8-10(15)16/h9-10H,2-8H2,1H3,(H,17,19). The molecule has 1 atom stereocenters. The minimum atomic E-state index is -2.61. The van der Waals surface area contributed by atoms with Crippen molar-refractivity contribution >= 4 is 11.8 Å². The number of carbonyl (C=O) groups excluding carboxylic acids is 2. The Balaban J connectivity index is 1.96. The molecule has 6 heteroatoms. The fraction of sp³-hybridized carbons (Fsp3) is 0.857. The molecule has 1 N–H and O–H groups in total. The molecule has 1 heterocycles. The second-order valence-corrected chi connectivity index (χ2v) is 6.47. The largest absolute Gasteiger partial charge is 0.340 e. The van der Waals surface area contributed by atoms with Gasteiger partial charge >= 0.3 is 0 Å². The Morgan fingerprint density at radius 3 is 2.40 bits per heavy atom. The van der Waals surface area contributed by atoms with E-state index in [-0.39, 0.29) is 17.7 Å². The van der Waals surface area contributed by atoms with Crippen LogP contribution in [0, 0.1) is 5.92 Å². The van der Waals surface area contributed by atoms with Crippen molar-refractivity contribution in [3.8, 4) is 0 Å². The summed E-state index contributed by atoms with van der Waals surface area (Å²) < 4.78 is 25.8. The number of piperazine rings is 1. The fourth-order valence-electron chi connectivity index (χ4n) is 3.77. The number of alkyl halides is 2. The van der Waals surface area contributed by atoms with E-state index in [0.29, 0.717) is 12.8 Å². The van der Waals surface area contributed by atoms with Crippen molar-refractivity contribution in [2.45, 2.75) is 63.0 Å². The predicted molar refractivity (Wildman–Crippen MR) is 68.2 cm³/mol. The molecular weight excluding hydrogens is 266 g/mol. The molecule has 3 fully saturated rings. The SMILES string of the molecule is CC1(C2CC2)C(=O)NC2(CCCC2)C(=O)N1CC(F)F. The molecular formula is C14H20F2N2O2. The lowest BCUT2D eigenvalue weighted by Gasteiger charge is -2.50. The second kappa shape index (κ2) is 4.40. The van der Waals surface area contributed by atoms with Gasteiger partial charge in [-0.15, -0.1) is 0 Å². The molecule has 0 radical (unpaired) electrons. The first-order valence-electron chi connectivity index (χ1n) is 7.33. The van der Waals surface area contributed by atoms with Gasteiger partial charge in [-0.05, 0) is 38.5 Å². The van der Waals surface area contributed by atoms with Gasteiger partial charge in [0, 0.05) is 0 Å². The zero-order valence-corrected chi connectivity index (χ0v) is 11.6. The van der Waals surface area contributed by atoms with E-state index in [1.54, 1.807) is 6.92 Å². The van der Waals surface area contributed by atoms with Crippen molar-refractivity contribution in [3.63, 3.8) is 0 Å². The molecule has 0 aromatic rings. The van der Waals surface area contributed by atoms with Crippen LogP contribution >= 0.6 is 0 Å². The maximum atomic E-state index is 12.9. The molecule has 3 aliphatic rings. The summed E-state index contributed by atoms with van der Waals surface area (Å²) in [5.74, 6) is -0.532. The molecule has 0 aromatic carbocycles. The van der Waals surface area contributed by atoms with Gasteiger partial charge in [0.2, 0.25) is 11.8 Å². The van der Waals surface area contributed by atoms with Gasteiger partial charge in [0.15, 0.2) is 0 Å². The Morgan fingerprint density at radius 1 is 1.30 bits per heavy atom. The van der Waals surface area contributed by atoms with Crippen molar-refractivity contribution in [2.75, 3.05) is 6.54 Å². The highest BCUT2D eigenvalue weighted by Crippen LogP contribution is 2.48. The zero-order chi connectivity index (χ0) is 14.5. The van der Waals surface area contributed by atoms with Gasteiger partial charge in [0.05, 0.1) is 6.54 Å². The Labute approximate surface area is 116 Å². The van der Waals surface area contributed by atoms with E-state index in [1.165, 1.54) is 4.90 Å². The van der Waals surface area contributed by atoms with E-state index in [9.17, 15) is 18.4 Å². The molecule has 1 aliphatic heterocycles. The highest BCUT2D eigenvalue weighted by Gasteiger charge is 2.62. The number of hydrogen-bond donors (Lipinski definition) is 1. The lowest BCUT2D eigenvalue weighted by molar-refractivity contribution is -0.166. The summed E-state index contributed by atoms with van der Waals surface area (Å²) in [6, 6.07) is 0. The minimum Gasteiger partial charge on any atom is -0.340 e. The number of amides is 2. The number of rotatable bonds is 3. The van der Waals surface area contributed by atoms with Gasteiger partial charge in [0.25, 0.3) is 6.43 Å². The van der Waals surface area contributed by atoms with E-state index >= 15 is 0 Å². The van der Waals surface area contributed by atoms with Gasteiger partial charge in [-0.3, -0.25) is 9.59 Å². The summed E-state index contributed by atoms with van der Waals surface area (Å²) in [6.07, 6.45) is 1.88. The topological polar surface area (TPSA) is 49.4 Å². The third-order valence-electron chi connectivity index (χ3n) is 5.18. The maximum absolute atomic E-state index is 12.9. The first-order chi connectivity index (χ1) is 9.40. The summed E-state index contributed by atoms with van der Waals surface area (Å²) in [6.45, 7) is 1.00. The van der Waals surface area contributed by atoms with Crippen LogP contribution in [0.25, 0.3) is 0 Å². The average Bonchev–Trinajstić information content (AvgIpc) is 3.14. The lowest BCUT2D eigenvalue weighted by atomic mass is 9.82. The quantitative estimate of drug-likeness (QED) is 0.858. The third-order valence-corrected chi connectivity index (χ3v) is 5.18. The second-order valence-electron chi connectivity index (χ2n) is 6.47. The number of nitrogens with one attached hydrogen (secondary N) is 1. The molecule has 1 saturated heterocycles. The van der Waals surface area contributed by atoms with E-state index in [0.717, 1.165) is 25.7 Å². The summed E-state index contributed by atoms with van der Waals surface area (Å²) in [5, 5.41) is 2.88. The van der Waals surface area contributed by atoms with Crippen LogP contribution < -0.4 is 5.32 Å². The Morgan fingerprint density at radius 2 is 1.90 bits per heavy atom. The fourth-order valence-corrected chi connectivity index (χ4v) is 3.77. The Bertz CT molecular complexity index is 444. The van der Waals surface area contributed by atoms with Crippen LogP contribution in [-0.2, 0) is 9.59 Å². The smallest absolute Gasteiger partial charge is 0.255 e. The van der Waals surface area contributed by atoms with Gasteiger partial charge < -0.3 is 10.2 Å². The van der Waals surface area contributed by atoms with Crippen molar-refractivity contribution in [1.82, 2.24) is 10.2 Å². The normalized spacial score (nSPS) is 33.1. The molecule has 2 saturated carbocycles. The van der Waals surface area contributed by atoms with Crippen molar-refractivity contribution in [1.29, 1.82) is 0 Å². The molecule has 2 aliphatic carbocycles. The maximum Gasteiger partial charge on any atom is 0.255 e. The number of carbonyl (C=O) groups is 2. The van der Waals surface area contributed by atoms with Crippen molar-refractivity contribution in [2.24, 2.45) is 5.92 Å². The average molecular weight is 286 g/mol. The van der Waals surface area contributed by atoms with E-state index in [1.807, 2.05) is 0 Å². The first-order valence-corrected chi connectivity index (χ1v) is 7.33. The molecule has 112 valence electrons. The van der Waals surface area contributed by atoms with E-state index < -0.39 is 24.0 Å². The molecule has 1 unspecified atom stereocenters. The molecule has 0 bridgehead atoms. The number of nitrogens with zero attached hydrogens (tertiary/aromatic N) is 1. The first kappa shape index (κ1) is 13.8. The molecule has 1 spiro atoms. The van der Waals surface area contributed by atoms with Crippen LogP contribution in [0.15, 0.2) is 0 Å². The Hall–Kier alpha value is -1.20. The van der Waals surface area contributed by atoms with Gasteiger partial charge in [-0.1, -0.05) is 12.8 Å². The highest BCUT2D eigenvalue weighted by molar-refractivity contribution is 6.02. The van der Waals surface area contributed by atoms with E-state index in [2.05, 4.69) is 5.32 Å². The lowest BCUT2D eigenvalue weighted by Crippen LogP contribution is -2.75. The molecule has 3 rings (SSSR count). The van der Waals surface area contributed by atoms with Crippen LogP contribution in [0.4, 0.5) is 8.78 Å². The van der Waals surface area contributed by atoms with Crippen molar-refractivity contribution < 1.29 is 18.4 Å². The van der Waals surface area contributed by atoms with Crippen LogP contribution in [0.5, 0.6) is 0 Å². The monoisotopic (exact) mass is 286 g/mol. The van der Waals surface area contributed by atoms with Crippen molar-refractivity contribution in [3.05, 3.63) is 0 Å². The minimum absolute atomic E-state index is 0.0175. The zero-order valence-electron chi connectivity index (χ0n) is 11.6. The van der Waals surface area contributed by atoms with Crippen LogP contribution in [0.1, 0.15) is 45.4 Å². The van der Waals surface area contributed by atoms with Crippen LogP contribution in [-0.4, -0.2) is 40.8 Å². The van der Waals surface area contributed by atoms with E-state index in [4.69, 9.17) is 0 Å². The van der Waals surface area contributed by atoms with Gasteiger partial charge in [-0.2, -0.15) is 0 Å². The number of hydrogen-bond acceptors (Lipinski definition) is 2. The van der Waals surface area contributed by atoms with Gasteiger partial charge in [0.1, 0.15) is 11.1 Å². The molecule has 2 amide bonds. The summed E-state index contributed by atoms with van der Waals surface area (Å²) in [5.41, 5.74) is -2.01. The highest BCUT2D eigenvalue weighted by atomic mass is 19.3. The summed E-state index contributed by atoms with van der Waals surface area (Å²) in [4.78, 5) is 26.5. The van der Waals surface area contributed by atoms with Gasteiger partial charge in [-0.25, -0.2) is 8.78 Å². The van der Waals surface area contributed by atoms with Crippen LogP contribution in [0.3, 0.4) is 0 Å². The predicted octanol–water partition coefficient (Wildman–Crippen LogP) is 1.69. The van der Waals surface area contributed by atoms with Crippen LogP contribution in [0.2, 0.25) is 0 Å². The number of halogens is 2. The molecule has 4 nitrogen and oxygen atoms in total. The third kappa shape index (κ3) is 1.84. The Kier molecular flexibility index (Phi) is 3.03. The molecule has 0 aromatic heterocycles. The summed E-state index contributed by atoms with van der Waals surface area (Å²) in [7, 11) is 0.